The van der Waals surface area contributed by atoms with Gasteiger partial charge in [0.25, 0.3) is 0 Å². The van der Waals surface area contributed by atoms with Crippen LogP contribution in [0.5, 0.6) is 0 Å². The summed E-state index contributed by atoms with van der Waals surface area (Å²) in [5.41, 5.74) is 12.0. The van der Waals surface area contributed by atoms with Crippen LogP contribution in [-0.2, 0) is 0 Å². The standard InChI is InChI=1S/C37H33N/c1-28-10-12-31(13-11-28)14-15-32-16-18-33(19-17-32)20-21-34-22-24-35(25-23-34)38(36-8-4-6-29(2)26-36)37-9-5-7-30(3)27-37/h4-27H,1-3H3/b15-14+,21-20+. The lowest BCUT2D eigenvalue weighted by molar-refractivity contribution is 1.26. The van der Waals surface area contributed by atoms with E-state index in [1.54, 1.807) is 0 Å². The molecule has 0 aliphatic carbocycles. The third-order valence-electron chi connectivity index (χ3n) is 6.62. The van der Waals surface area contributed by atoms with E-state index >= 15 is 0 Å². The summed E-state index contributed by atoms with van der Waals surface area (Å²) in [4.78, 5) is 2.32. The minimum Gasteiger partial charge on any atom is -0.310 e. The number of anilines is 3. The van der Waals surface area contributed by atoms with Crippen molar-refractivity contribution in [3.8, 4) is 0 Å². The monoisotopic (exact) mass is 491 g/mol. The van der Waals surface area contributed by atoms with Gasteiger partial charge in [-0.3, -0.25) is 0 Å². The van der Waals surface area contributed by atoms with Crippen LogP contribution in [0.15, 0.2) is 121 Å². The maximum absolute atomic E-state index is 2.32. The molecule has 5 aromatic carbocycles. The van der Waals surface area contributed by atoms with Crippen LogP contribution >= 0.6 is 0 Å². The molecule has 0 saturated heterocycles. The van der Waals surface area contributed by atoms with Gasteiger partial charge in [0.1, 0.15) is 0 Å². The molecule has 0 aliphatic heterocycles. The van der Waals surface area contributed by atoms with Crippen LogP contribution in [-0.4, -0.2) is 0 Å². The molecule has 1 nitrogen and oxygen atoms in total. The SMILES string of the molecule is Cc1ccc(/C=C/c2ccc(/C=C/c3ccc(N(c4cccc(C)c4)c4cccc(C)c4)cc3)cc2)cc1. The van der Waals surface area contributed by atoms with Crippen LogP contribution in [0.25, 0.3) is 24.3 Å². The summed E-state index contributed by atoms with van der Waals surface area (Å²) in [6.07, 6.45) is 8.65. The third-order valence-corrected chi connectivity index (χ3v) is 6.62. The van der Waals surface area contributed by atoms with Crippen LogP contribution < -0.4 is 4.90 Å². The summed E-state index contributed by atoms with van der Waals surface area (Å²) in [5, 5.41) is 0. The average Bonchev–Trinajstić information content (AvgIpc) is 2.93. The molecule has 186 valence electrons. The fourth-order valence-corrected chi connectivity index (χ4v) is 4.50. The van der Waals surface area contributed by atoms with Crippen molar-refractivity contribution in [2.24, 2.45) is 0 Å². The summed E-state index contributed by atoms with van der Waals surface area (Å²) in [6, 6.07) is 43.3. The maximum atomic E-state index is 2.32. The van der Waals surface area contributed by atoms with E-state index in [4.69, 9.17) is 0 Å². The molecule has 0 fully saturated rings. The van der Waals surface area contributed by atoms with Crippen molar-refractivity contribution in [3.05, 3.63) is 160 Å². The first kappa shape index (κ1) is 25.0. The first-order chi connectivity index (χ1) is 18.5. The van der Waals surface area contributed by atoms with E-state index in [0.29, 0.717) is 0 Å². The van der Waals surface area contributed by atoms with E-state index in [-0.39, 0.29) is 0 Å². The molecule has 0 spiro atoms. The molecule has 0 N–H and O–H groups in total. The quantitative estimate of drug-likeness (QED) is 0.205. The number of rotatable bonds is 7. The van der Waals surface area contributed by atoms with Gasteiger partial charge in [-0.05, 0) is 90.6 Å². The fraction of sp³-hybridized carbons (Fsp3) is 0.0811. The van der Waals surface area contributed by atoms with Gasteiger partial charge in [0.05, 0.1) is 0 Å². The molecule has 38 heavy (non-hydrogen) atoms. The Morgan fingerprint density at radius 2 is 0.737 bits per heavy atom. The molecule has 5 aromatic rings. The topological polar surface area (TPSA) is 3.24 Å². The van der Waals surface area contributed by atoms with E-state index < -0.39 is 0 Å². The number of hydrogen-bond acceptors (Lipinski definition) is 1. The van der Waals surface area contributed by atoms with Crippen molar-refractivity contribution < 1.29 is 0 Å². The first-order valence-corrected chi connectivity index (χ1v) is 13.1. The highest BCUT2D eigenvalue weighted by atomic mass is 15.1. The third kappa shape index (κ3) is 6.38. The first-order valence-electron chi connectivity index (χ1n) is 13.1. The second-order valence-corrected chi connectivity index (χ2v) is 9.85. The van der Waals surface area contributed by atoms with Gasteiger partial charge in [0, 0.05) is 17.1 Å². The van der Waals surface area contributed by atoms with Crippen molar-refractivity contribution >= 4 is 41.4 Å². The van der Waals surface area contributed by atoms with Crippen molar-refractivity contribution in [3.63, 3.8) is 0 Å². The predicted octanol–water partition coefficient (Wildman–Crippen LogP) is 10.4. The highest BCUT2D eigenvalue weighted by Crippen LogP contribution is 2.35. The number of benzene rings is 5. The van der Waals surface area contributed by atoms with Gasteiger partial charge in [0.2, 0.25) is 0 Å². The number of nitrogens with zero attached hydrogens (tertiary/aromatic N) is 1. The molecule has 0 heterocycles. The molecule has 0 aliphatic rings. The Kier molecular flexibility index (Phi) is 7.66. The lowest BCUT2D eigenvalue weighted by Gasteiger charge is -2.26. The molecule has 0 bridgehead atoms. The van der Waals surface area contributed by atoms with E-state index in [9.17, 15) is 0 Å². The molecular formula is C37H33N. The second kappa shape index (κ2) is 11.6. The average molecular weight is 492 g/mol. The smallest absolute Gasteiger partial charge is 0.0464 e. The highest BCUT2D eigenvalue weighted by molar-refractivity contribution is 5.79. The van der Waals surface area contributed by atoms with Crippen LogP contribution in [0.2, 0.25) is 0 Å². The largest absolute Gasteiger partial charge is 0.310 e. The van der Waals surface area contributed by atoms with Crippen LogP contribution in [0.4, 0.5) is 17.1 Å². The van der Waals surface area contributed by atoms with Crippen molar-refractivity contribution in [2.45, 2.75) is 20.8 Å². The van der Waals surface area contributed by atoms with Crippen molar-refractivity contribution in [2.75, 3.05) is 4.90 Å². The molecule has 0 saturated carbocycles. The Balaban J connectivity index is 1.32. The summed E-state index contributed by atoms with van der Waals surface area (Å²) in [6.45, 7) is 6.39. The molecule has 0 unspecified atom stereocenters. The Morgan fingerprint density at radius 3 is 1.13 bits per heavy atom. The molecule has 1 heteroatoms. The summed E-state index contributed by atoms with van der Waals surface area (Å²) in [7, 11) is 0. The van der Waals surface area contributed by atoms with Crippen LogP contribution in [0.1, 0.15) is 38.9 Å². The molecule has 0 radical (unpaired) electrons. The highest BCUT2D eigenvalue weighted by Gasteiger charge is 2.12. The number of aryl methyl sites for hydroxylation is 3. The zero-order valence-corrected chi connectivity index (χ0v) is 22.3. The fourth-order valence-electron chi connectivity index (χ4n) is 4.50. The predicted molar refractivity (Wildman–Crippen MR) is 166 cm³/mol. The van der Waals surface area contributed by atoms with Gasteiger partial charge in [-0.25, -0.2) is 0 Å². The van der Waals surface area contributed by atoms with E-state index in [2.05, 4.69) is 171 Å². The van der Waals surface area contributed by atoms with Gasteiger partial charge in [-0.2, -0.15) is 0 Å². The van der Waals surface area contributed by atoms with Crippen molar-refractivity contribution in [1.82, 2.24) is 0 Å². The zero-order valence-electron chi connectivity index (χ0n) is 22.3. The Hall–Kier alpha value is -4.62. The van der Waals surface area contributed by atoms with Crippen LogP contribution in [0, 0.1) is 20.8 Å². The minimum absolute atomic E-state index is 1.14. The normalized spacial score (nSPS) is 11.3. The molecule has 0 atom stereocenters. The summed E-state index contributed by atoms with van der Waals surface area (Å²) >= 11 is 0. The minimum atomic E-state index is 1.14. The molecule has 0 aromatic heterocycles. The zero-order chi connectivity index (χ0) is 26.3. The van der Waals surface area contributed by atoms with E-state index in [0.717, 1.165) is 17.1 Å². The Labute approximate surface area is 227 Å². The van der Waals surface area contributed by atoms with Gasteiger partial charge in [0.15, 0.2) is 0 Å². The van der Waals surface area contributed by atoms with Gasteiger partial charge < -0.3 is 4.90 Å². The van der Waals surface area contributed by atoms with Crippen LogP contribution in [0.3, 0.4) is 0 Å². The maximum Gasteiger partial charge on any atom is 0.0464 e. The Bertz CT molecular complexity index is 1510. The van der Waals surface area contributed by atoms with Gasteiger partial charge in [-0.15, -0.1) is 0 Å². The Morgan fingerprint density at radius 1 is 0.368 bits per heavy atom. The van der Waals surface area contributed by atoms with Gasteiger partial charge in [-0.1, -0.05) is 115 Å². The summed E-state index contributed by atoms with van der Waals surface area (Å²) < 4.78 is 0. The molecule has 0 amide bonds. The van der Waals surface area contributed by atoms with E-state index in [1.807, 2.05) is 0 Å². The van der Waals surface area contributed by atoms with E-state index in [1.165, 1.54) is 38.9 Å². The van der Waals surface area contributed by atoms with Gasteiger partial charge >= 0.3 is 0 Å². The second-order valence-electron chi connectivity index (χ2n) is 9.85. The lowest BCUT2D eigenvalue weighted by Crippen LogP contribution is -2.10. The lowest BCUT2D eigenvalue weighted by atomic mass is 10.1. The number of hydrogen-bond donors (Lipinski definition) is 0. The van der Waals surface area contributed by atoms with Crippen molar-refractivity contribution in [1.29, 1.82) is 0 Å². The molecule has 5 rings (SSSR count). The summed E-state index contributed by atoms with van der Waals surface area (Å²) in [5.74, 6) is 0. The molecular weight excluding hydrogens is 458 g/mol.